The van der Waals surface area contributed by atoms with Crippen molar-refractivity contribution < 1.29 is 14.3 Å². The maximum absolute atomic E-state index is 11.6. The molecule has 4 aromatic rings. The van der Waals surface area contributed by atoms with Crippen LogP contribution in [0.15, 0.2) is 37.2 Å². The maximum Gasteiger partial charge on any atom is 0.219 e. The highest BCUT2D eigenvalue weighted by Crippen LogP contribution is 2.37. The highest BCUT2D eigenvalue weighted by Gasteiger charge is 2.31. The molecule has 0 spiro atoms. The number of piperazine rings is 2. The molecule has 13 nitrogen and oxygen atoms in total. The fraction of sp³-hybridized carbons (Fsp3) is 0.717. The molecule has 2 aliphatic carbocycles. The molecule has 4 aromatic heterocycles. The van der Waals surface area contributed by atoms with Crippen molar-refractivity contribution in [3.8, 4) is 0 Å². The number of halogens is 1. The Labute approximate surface area is 362 Å². The van der Waals surface area contributed by atoms with Crippen LogP contribution in [0.3, 0.4) is 0 Å². The van der Waals surface area contributed by atoms with Crippen LogP contribution in [0.5, 0.6) is 0 Å². The molecule has 2 saturated carbocycles. The Bertz CT molecular complexity index is 1950. The van der Waals surface area contributed by atoms with Gasteiger partial charge in [-0.3, -0.25) is 14.6 Å². The second-order valence-corrected chi connectivity index (χ2v) is 18.4. The molecule has 1 N–H and O–H groups in total. The second kappa shape index (κ2) is 20.8. The topological polar surface area (TPSA) is 118 Å². The molecule has 0 unspecified atom stereocenters. The number of rotatable bonds is 8. The molecule has 60 heavy (non-hydrogen) atoms. The lowest BCUT2D eigenvalue weighted by molar-refractivity contribution is -0.131. The molecule has 0 radical (unpaired) electrons. The smallest absolute Gasteiger partial charge is 0.219 e. The van der Waals surface area contributed by atoms with Crippen molar-refractivity contribution in [3.63, 3.8) is 0 Å². The first kappa shape index (κ1) is 43.4. The normalized spacial score (nSPS) is 26.7. The first-order valence-electron chi connectivity index (χ1n) is 23.3. The minimum Gasteiger partial charge on any atom is -0.381 e. The summed E-state index contributed by atoms with van der Waals surface area (Å²) in [5, 5.41) is 12.4. The zero-order valence-electron chi connectivity index (χ0n) is 36.0. The molecule has 0 atom stereocenters. The number of hydrogen-bond donors (Lipinski definition) is 1. The Kier molecular flexibility index (Phi) is 15.0. The summed E-state index contributed by atoms with van der Waals surface area (Å²) in [5.74, 6) is 2.83. The predicted molar refractivity (Wildman–Crippen MR) is 236 cm³/mol. The minimum atomic E-state index is 0. The van der Waals surface area contributed by atoms with Crippen LogP contribution < -0.4 is 5.32 Å². The fourth-order valence-corrected chi connectivity index (χ4v) is 11.5. The van der Waals surface area contributed by atoms with Crippen LogP contribution in [0, 0.1) is 11.8 Å². The van der Waals surface area contributed by atoms with Crippen molar-refractivity contribution in [2.75, 3.05) is 78.8 Å². The third-order valence-corrected chi connectivity index (χ3v) is 15.0. The SMILES string of the molecule is CC(=O)N1CCN(C2CCC(Cc3ncnn4ccc(C5CCOCC5)c34)CC2)CC1.Cl.c1nc(CC2CCC(N3CCNCC3)CC2)c2c(C3CCOCC3)ccn2n1. The molecule has 4 aliphatic heterocycles. The Hall–Kier alpha value is -3.20. The van der Waals surface area contributed by atoms with Gasteiger partial charge in [0.2, 0.25) is 5.91 Å². The van der Waals surface area contributed by atoms with Gasteiger partial charge in [0.05, 0.1) is 22.4 Å². The summed E-state index contributed by atoms with van der Waals surface area (Å²) in [6.45, 7) is 13.7. The lowest BCUT2D eigenvalue weighted by atomic mass is 9.82. The average Bonchev–Trinajstić information content (AvgIpc) is 3.95. The average molecular weight is 846 g/mol. The number of nitrogens with zero attached hydrogens (tertiary/aromatic N) is 9. The number of carbonyl (C=O) groups excluding carboxylic acids is 1. The number of nitrogens with one attached hydrogen (secondary N) is 1. The van der Waals surface area contributed by atoms with Gasteiger partial charge in [-0.1, -0.05) is 0 Å². The van der Waals surface area contributed by atoms with E-state index in [2.05, 4.69) is 54.4 Å². The van der Waals surface area contributed by atoms with Gasteiger partial charge in [-0.25, -0.2) is 19.0 Å². The Morgan fingerprint density at radius 1 is 0.617 bits per heavy atom. The molecule has 6 fully saturated rings. The summed E-state index contributed by atoms with van der Waals surface area (Å²) >= 11 is 0. The van der Waals surface area contributed by atoms with Crippen LogP contribution >= 0.6 is 12.4 Å². The standard InChI is InChI=1S/C24H35N5O2.C22H33N5O.ClH/c1-18(30)27-10-12-28(13-11-27)21-4-2-19(3-5-21)16-23-24-22(20-7-14-31-15-8-20)6-9-29(24)26-17-25-23;1-3-19(26-11-8-23-9-12-26)4-2-17(1)15-21-22-20(18-6-13-28-14-7-18)5-10-27(22)25-16-24-21;/h6,9,17,19-21H,2-5,7-8,10-16H2,1H3;5,10,16-19,23H,1-4,6-9,11-15H2;1H. The van der Waals surface area contributed by atoms with Crippen LogP contribution in [0.1, 0.15) is 118 Å². The number of fused-ring (bicyclic) bond motifs is 2. The molecule has 10 rings (SSSR count). The molecule has 0 bridgehead atoms. The highest BCUT2D eigenvalue weighted by molar-refractivity contribution is 5.85. The molecule has 0 aromatic carbocycles. The number of hydrogen-bond acceptors (Lipinski definition) is 10. The largest absolute Gasteiger partial charge is 0.381 e. The van der Waals surface area contributed by atoms with E-state index in [9.17, 15) is 4.79 Å². The minimum absolute atomic E-state index is 0. The van der Waals surface area contributed by atoms with E-state index in [4.69, 9.17) is 19.4 Å². The highest BCUT2D eigenvalue weighted by atomic mass is 35.5. The van der Waals surface area contributed by atoms with Crippen molar-refractivity contribution in [3.05, 3.63) is 59.7 Å². The molecule has 6 aliphatic rings. The van der Waals surface area contributed by atoms with E-state index in [1.165, 1.54) is 98.0 Å². The molecule has 328 valence electrons. The number of amides is 1. The lowest BCUT2D eigenvalue weighted by Crippen LogP contribution is -2.52. The number of carbonyl (C=O) groups is 1. The van der Waals surface area contributed by atoms with E-state index in [-0.39, 0.29) is 18.3 Å². The zero-order chi connectivity index (χ0) is 40.0. The van der Waals surface area contributed by atoms with Gasteiger partial charge in [-0.05, 0) is 137 Å². The lowest BCUT2D eigenvalue weighted by Gasteiger charge is -2.41. The van der Waals surface area contributed by atoms with Gasteiger partial charge in [0.15, 0.2) is 0 Å². The molecule has 8 heterocycles. The van der Waals surface area contributed by atoms with Crippen molar-refractivity contribution in [1.29, 1.82) is 0 Å². The van der Waals surface area contributed by atoms with E-state index in [1.807, 2.05) is 9.42 Å². The summed E-state index contributed by atoms with van der Waals surface area (Å²) in [6, 6.07) is 6.00. The first-order valence-corrected chi connectivity index (χ1v) is 23.3. The fourth-order valence-electron chi connectivity index (χ4n) is 11.5. The van der Waals surface area contributed by atoms with Gasteiger partial charge in [0.25, 0.3) is 0 Å². The van der Waals surface area contributed by atoms with Crippen LogP contribution in [-0.4, -0.2) is 141 Å². The van der Waals surface area contributed by atoms with Crippen LogP contribution in [0.4, 0.5) is 0 Å². The van der Waals surface area contributed by atoms with Gasteiger partial charge in [0, 0.05) is 110 Å². The van der Waals surface area contributed by atoms with E-state index in [0.29, 0.717) is 23.8 Å². The van der Waals surface area contributed by atoms with Crippen molar-refractivity contribution in [2.24, 2.45) is 11.8 Å². The van der Waals surface area contributed by atoms with Gasteiger partial charge >= 0.3 is 0 Å². The molecular weight excluding hydrogens is 776 g/mol. The number of ether oxygens (including phenoxy) is 2. The molecule has 14 heteroatoms. The summed E-state index contributed by atoms with van der Waals surface area (Å²) in [6.07, 6.45) is 24.7. The quantitative estimate of drug-likeness (QED) is 0.229. The van der Waals surface area contributed by atoms with E-state index < -0.39 is 0 Å². The summed E-state index contributed by atoms with van der Waals surface area (Å²) in [7, 11) is 0. The third-order valence-electron chi connectivity index (χ3n) is 15.0. The molecule has 1 amide bonds. The van der Waals surface area contributed by atoms with Crippen molar-refractivity contribution >= 4 is 29.3 Å². The Morgan fingerprint density at radius 2 is 1.05 bits per heavy atom. The Balaban J connectivity index is 0.000000164. The maximum atomic E-state index is 11.6. The first-order chi connectivity index (χ1) is 29.1. The molecule has 4 saturated heterocycles. The van der Waals surface area contributed by atoms with Crippen molar-refractivity contribution in [2.45, 2.75) is 121 Å². The number of aromatic nitrogens is 6. The monoisotopic (exact) mass is 845 g/mol. The predicted octanol–water partition coefficient (Wildman–Crippen LogP) is 5.94. The summed E-state index contributed by atoms with van der Waals surface area (Å²) < 4.78 is 15.2. The van der Waals surface area contributed by atoms with Crippen LogP contribution in [0.25, 0.3) is 11.0 Å². The molecular formula is C46H69ClN10O3. The van der Waals surface area contributed by atoms with Gasteiger partial charge < -0.3 is 19.7 Å². The van der Waals surface area contributed by atoms with E-state index in [1.54, 1.807) is 19.6 Å². The van der Waals surface area contributed by atoms with Crippen molar-refractivity contribution in [1.82, 2.24) is 49.2 Å². The van der Waals surface area contributed by atoms with E-state index >= 15 is 0 Å². The Morgan fingerprint density at radius 3 is 1.48 bits per heavy atom. The summed E-state index contributed by atoms with van der Waals surface area (Å²) in [5.41, 5.74) is 7.85. The third kappa shape index (κ3) is 10.2. The van der Waals surface area contributed by atoms with Gasteiger partial charge in [0.1, 0.15) is 12.7 Å². The van der Waals surface area contributed by atoms with Crippen LogP contribution in [0.2, 0.25) is 0 Å². The van der Waals surface area contributed by atoms with E-state index in [0.717, 1.165) is 116 Å². The van der Waals surface area contributed by atoms with Gasteiger partial charge in [-0.15, -0.1) is 12.4 Å². The summed E-state index contributed by atoms with van der Waals surface area (Å²) in [4.78, 5) is 28.4. The van der Waals surface area contributed by atoms with Gasteiger partial charge in [-0.2, -0.15) is 10.2 Å². The van der Waals surface area contributed by atoms with Crippen LogP contribution in [-0.2, 0) is 27.1 Å². The second-order valence-electron chi connectivity index (χ2n) is 18.4. The zero-order valence-corrected chi connectivity index (χ0v) is 36.8.